The Balaban J connectivity index is 1.68. The third-order valence-corrected chi connectivity index (χ3v) is 16.7. The molecule has 0 saturated carbocycles. The molecule has 22 heteroatoms. The minimum atomic E-state index is -4.57. The highest BCUT2D eigenvalue weighted by Crippen LogP contribution is 2.32. The van der Waals surface area contributed by atoms with E-state index in [1.165, 1.54) is 77.8 Å². The number of benzene rings is 3. The van der Waals surface area contributed by atoms with Crippen molar-refractivity contribution in [2.45, 2.75) is 180 Å². The number of hydrogen-bond acceptors (Lipinski definition) is 11. The van der Waals surface area contributed by atoms with E-state index in [0.29, 0.717) is 35.1 Å². The predicted octanol–water partition coefficient (Wildman–Crippen LogP) is 5.79. The summed E-state index contributed by atoms with van der Waals surface area (Å²) >= 11 is 0. The Labute approximate surface area is 497 Å². The van der Waals surface area contributed by atoms with Gasteiger partial charge in [-0.1, -0.05) is 115 Å². The fraction of sp³-hybridized carbons (Fsp3) is 0.571. The van der Waals surface area contributed by atoms with Crippen molar-refractivity contribution in [2.24, 2.45) is 17.8 Å². The van der Waals surface area contributed by atoms with E-state index in [4.69, 9.17) is 4.74 Å². The first kappa shape index (κ1) is 68.4. The number of nitrogens with one attached hydrogen (secondary N) is 3. The number of aliphatic hydroxyl groups is 1. The third-order valence-electron chi connectivity index (χ3n) is 16.7. The van der Waals surface area contributed by atoms with Crippen molar-refractivity contribution in [3.8, 4) is 11.1 Å². The molecule has 8 unspecified atom stereocenters. The zero-order valence-electron chi connectivity index (χ0n) is 51.5. The molecule has 466 valence electrons. The number of carbonyl (C=O) groups is 9. The lowest BCUT2D eigenvalue weighted by Crippen LogP contribution is -2.62. The van der Waals surface area contributed by atoms with Crippen molar-refractivity contribution >= 4 is 53.2 Å². The summed E-state index contributed by atoms with van der Waals surface area (Å²) in [5, 5.41) is 20.1. The summed E-state index contributed by atoms with van der Waals surface area (Å²) in [6.45, 7) is 16.1. The maximum atomic E-state index is 15.5. The van der Waals surface area contributed by atoms with Crippen molar-refractivity contribution in [3.05, 3.63) is 95.6 Å². The van der Waals surface area contributed by atoms with Crippen LogP contribution in [0.3, 0.4) is 0 Å². The number of nitrogens with zero attached hydrogens (tertiary/aromatic N) is 5. The molecule has 5 rings (SSSR count). The van der Waals surface area contributed by atoms with Crippen LogP contribution in [0.25, 0.3) is 11.1 Å². The normalized spacial score (nSPS) is 25.5. The second-order valence-electron chi connectivity index (χ2n) is 23.9. The molecule has 2 fully saturated rings. The summed E-state index contributed by atoms with van der Waals surface area (Å²) in [5.41, 5.74) is -0.791. The van der Waals surface area contributed by atoms with E-state index in [9.17, 15) is 51.8 Å². The molecular formula is C63H87F3N8O11. The van der Waals surface area contributed by atoms with Gasteiger partial charge in [0.15, 0.2) is 12.1 Å². The highest BCUT2D eigenvalue weighted by molar-refractivity contribution is 5.99. The molecule has 2 heterocycles. The van der Waals surface area contributed by atoms with Gasteiger partial charge in [0, 0.05) is 53.5 Å². The molecule has 4 N–H and O–H groups in total. The monoisotopic (exact) mass is 1190 g/mol. The molecule has 85 heavy (non-hydrogen) atoms. The third kappa shape index (κ3) is 17.0. The SMILES string of the molecule is CCC(C)C1NC(=O)C2CCCN2C(=O)C(Cc2cccc(-c3ccc(C(F)(F)F)cc3)c2)N(C)C(=O)C(Cc2ccccc2)NC(=O)[C@H](C)N(C)C(=O)C([C@H](C)CC)OC(=O)C(C(C)(C)O)N(C)C(=O)C(CC(C)C)NC(=O)[C@H](C)N(C)C1=O. The number of cyclic esters (lactones) is 1. The van der Waals surface area contributed by atoms with Crippen LogP contribution in [0.4, 0.5) is 13.2 Å². The van der Waals surface area contributed by atoms with Crippen molar-refractivity contribution in [2.75, 3.05) is 34.7 Å². The molecule has 0 aliphatic carbocycles. The smallest absolute Gasteiger partial charge is 0.416 e. The van der Waals surface area contributed by atoms with E-state index in [1.807, 2.05) is 20.8 Å². The average Bonchev–Trinajstić information content (AvgIpc) is 4.23. The quantitative estimate of drug-likeness (QED) is 0.159. The minimum absolute atomic E-state index is 0.0530. The molecule has 2 saturated heterocycles. The van der Waals surface area contributed by atoms with Gasteiger partial charge >= 0.3 is 12.1 Å². The van der Waals surface area contributed by atoms with Gasteiger partial charge in [-0.05, 0) is 99.6 Å². The van der Waals surface area contributed by atoms with Gasteiger partial charge in [-0.25, -0.2) is 4.79 Å². The van der Waals surface area contributed by atoms with E-state index in [0.717, 1.165) is 26.8 Å². The summed E-state index contributed by atoms with van der Waals surface area (Å²) in [4.78, 5) is 139. The zero-order chi connectivity index (χ0) is 63.6. The lowest BCUT2D eigenvalue weighted by atomic mass is 9.94. The van der Waals surface area contributed by atoms with Gasteiger partial charge in [0.1, 0.15) is 42.3 Å². The molecule has 0 bridgehead atoms. The highest BCUT2D eigenvalue weighted by Gasteiger charge is 2.47. The Morgan fingerprint density at radius 2 is 1.16 bits per heavy atom. The molecule has 0 aromatic heterocycles. The molecular weight excluding hydrogens is 1100 g/mol. The number of esters is 1. The molecule has 0 radical (unpaired) electrons. The minimum Gasteiger partial charge on any atom is -0.450 e. The van der Waals surface area contributed by atoms with Crippen molar-refractivity contribution < 1.29 is 66.2 Å². The Kier molecular flexibility index (Phi) is 23.5. The van der Waals surface area contributed by atoms with Crippen LogP contribution in [0.1, 0.15) is 118 Å². The molecule has 2 aliphatic rings. The lowest BCUT2D eigenvalue weighted by Gasteiger charge is -2.39. The molecule has 2 aliphatic heterocycles. The van der Waals surface area contributed by atoms with Gasteiger partial charge in [-0.15, -0.1) is 0 Å². The van der Waals surface area contributed by atoms with Crippen LogP contribution in [-0.4, -0.2) is 178 Å². The van der Waals surface area contributed by atoms with E-state index in [-0.39, 0.29) is 44.6 Å². The fourth-order valence-electron chi connectivity index (χ4n) is 10.8. The summed E-state index contributed by atoms with van der Waals surface area (Å²) in [5.74, 6) is -8.48. The molecule has 11 atom stereocenters. The Bertz CT molecular complexity index is 2870. The summed E-state index contributed by atoms with van der Waals surface area (Å²) in [6.07, 6.45) is -5.17. The van der Waals surface area contributed by atoms with Gasteiger partial charge in [-0.3, -0.25) is 38.4 Å². The van der Waals surface area contributed by atoms with E-state index in [1.54, 1.807) is 75.4 Å². The number of fused-ring (bicyclic) bond motifs is 1. The van der Waals surface area contributed by atoms with Crippen LogP contribution >= 0.6 is 0 Å². The van der Waals surface area contributed by atoms with Crippen molar-refractivity contribution in [1.29, 1.82) is 0 Å². The summed E-state index contributed by atoms with van der Waals surface area (Å²) in [6, 6.07) is 9.24. The predicted molar refractivity (Wildman–Crippen MR) is 313 cm³/mol. The second-order valence-corrected chi connectivity index (χ2v) is 23.9. The largest absolute Gasteiger partial charge is 0.450 e. The van der Waals surface area contributed by atoms with Gasteiger partial charge in [0.25, 0.3) is 5.91 Å². The van der Waals surface area contributed by atoms with E-state index >= 15 is 9.59 Å². The Hall–Kier alpha value is -7.36. The number of likely N-dealkylation sites (N-methyl/N-ethyl adjacent to an activating group) is 4. The maximum Gasteiger partial charge on any atom is 0.416 e. The van der Waals surface area contributed by atoms with Gasteiger partial charge in [0.05, 0.1) is 11.2 Å². The second kappa shape index (κ2) is 29.2. The number of amides is 8. The molecule has 19 nitrogen and oxygen atoms in total. The van der Waals surface area contributed by atoms with Gasteiger partial charge < -0.3 is 50.3 Å². The van der Waals surface area contributed by atoms with Crippen LogP contribution in [0.5, 0.6) is 0 Å². The first-order valence-electron chi connectivity index (χ1n) is 29.2. The topological polar surface area (TPSA) is 235 Å². The highest BCUT2D eigenvalue weighted by atomic mass is 19.4. The Morgan fingerprint density at radius 1 is 0.612 bits per heavy atom. The van der Waals surface area contributed by atoms with E-state index < -0.39 is 137 Å². The first-order chi connectivity index (χ1) is 39.7. The van der Waals surface area contributed by atoms with Crippen molar-refractivity contribution in [1.82, 2.24) is 40.4 Å². The number of halogens is 3. The number of carbonyl (C=O) groups excluding carboxylic acids is 9. The first-order valence-corrected chi connectivity index (χ1v) is 29.2. The molecule has 0 spiro atoms. The maximum absolute atomic E-state index is 15.5. The molecule has 8 amide bonds. The van der Waals surface area contributed by atoms with Crippen LogP contribution in [0.15, 0.2) is 78.9 Å². The van der Waals surface area contributed by atoms with Crippen LogP contribution in [-0.2, 0) is 66.9 Å². The zero-order valence-corrected chi connectivity index (χ0v) is 51.5. The van der Waals surface area contributed by atoms with Gasteiger partial charge in [0.2, 0.25) is 41.4 Å². The number of ether oxygens (including phenoxy) is 1. The Morgan fingerprint density at radius 3 is 1.72 bits per heavy atom. The standard InChI is InChI=1S/C63H87F3N8O11/c1-15-37(5)50-59(81)70(11)39(7)53(75)67-46(32-36(3)4)57(79)73(14)52(62(9,10)84)61(83)85-51(38(6)16-2)60(82)71(12)40(8)54(76)68-47(34-41-22-18-17-19-23-41)56(78)72(13)49(58(80)74-31-21-26-48(74)55(77)69-50)35-42-24-20-25-44(33-42)43-27-29-45(30-28-43)63(64,65)66/h17-20,22-25,27-30,33,36-40,46-52,84H,15-16,21,26,31-32,34-35H2,1-14H3,(H,67,75)(H,68,76)(H,69,77)/t37?,38-,39+,40+,46?,47?,48?,49?,50?,51?,52?/m1/s1. The number of rotatable bonds is 12. The van der Waals surface area contributed by atoms with E-state index in [2.05, 4.69) is 16.0 Å². The summed E-state index contributed by atoms with van der Waals surface area (Å²) in [7, 11) is 5.36. The fourth-order valence-corrected chi connectivity index (χ4v) is 10.8. The molecule has 3 aromatic carbocycles. The number of alkyl halides is 3. The average molecular weight is 1190 g/mol. The number of hydrogen-bond donors (Lipinski definition) is 4. The van der Waals surface area contributed by atoms with Gasteiger partial charge in [-0.2, -0.15) is 13.2 Å². The van der Waals surface area contributed by atoms with Crippen molar-refractivity contribution in [3.63, 3.8) is 0 Å². The lowest BCUT2D eigenvalue weighted by molar-refractivity contribution is -0.177. The van der Waals surface area contributed by atoms with Crippen LogP contribution < -0.4 is 16.0 Å². The summed E-state index contributed by atoms with van der Waals surface area (Å²) < 4.78 is 46.8. The van der Waals surface area contributed by atoms with Crippen LogP contribution in [0.2, 0.25) is 0 Å². The van der Waals surface area contributed by atoms with Crippen LogP contribution in [0, 0.1) is 17.8 Å². The molecule has 3 aromatic rings.